The highest BCUT2D eigenvalue weighted by atomic mass is 15.3. The molecule has 0 radical (unpaired) electrons. The standard InChI is InChI=1S/C17H31N5/c1-20(15-16-3-8-18-9-4-16)17-5-11-21(12-6-17)13-14-22-10-2-7-19-22/h2,7,10,16-18H,3-6,8-9,11-15H2,1H3. The van der Waals surface area contributed by atoms with Crippen LogP contribution in [0.15, 0.2) is 18.5 Å². The monoisotopic (exact) mass is 305 g/mol. The second-order valence-corrected chi connectivity index (χ2v) is 6.97. The summed E-state index contributed by atoms with van der Waals surface area (Å²) >= 11 is 0. The van der Waals surface area contributed by atoms with Gasteiger partial charge in [0.2, 0.25) is 0 Å². The zero-order valence-corrected chi connectivity index (χ0v) is 14.0. The van der Waals surface area contributed by atoms with Gasteiger partial charge in [0.25, 0.3) is 0 Å². The molecule has 5 nitrogen and oxygen atoms in total. The van der Waals surface area contributed by atoms with E-state index in [9.17, 15) is 0 Å². The van der Waals surface area contributed by atoms with Crippen molar-refractivity contribution in [2.75, 3.05) is 46.3 Å². The predicted octanol–water partition coefficient (Wildman–Crippen LogP) is 1.28. The first-order valence-corrected chi connectivity index (χ1v) is 8.92. The summed E-state index contributed by atoms with van der Waals surface area (Å²) < 4.78 is 2.04. The predicted molar refractivity (Wildman–Crippen MR) is 89.9 cm³/mol. The SMILES string of the molecule is CN(CC1CCNCC1)C1CCN(CCn2cccn2)CC1. The fourth-order valence-electron chi connectivity index (χ4n) is 3.88. The Morgan fingerprint density at radius 3 is 2.59 bits per heavy atom. The van der Waals surface area contributed by atoms with Crippen LogP contribution in [0.25, 0.3) is 0 Å². The van der Waals surface area contributed by atoms with Crippen molar-refractivity contribution in [3.63, 3.8) is 0 Å². The molecule has 3 rings (SSSR count). The van der Waals surface area contributed by atoms with E-state index in [0.29, 0.717) is 0 Å². The molecular formula is C17H31N5. The normalized spacial score (nSPS) is 22.5. The van der Waals surface area contributed by atoms with Crippen LogP contribution in [0, 0.1) is 5.92 Å². The number of likely N-dealkylation sites (tertiary alicyclic amines) is 1. The van der Waals surface area contributed by atoms with Crippen molar-refractivity contribution in [2.45, 2.75) is 38.3 Å². The van der Waals surface area contributed by atoms with Gasteiger partial charge in [0.15, 0.2) is 0 Å². The van der Waals surface area contributed by atoms with Gasteiger partial charge < -0.3 is 15.1 Å². The molecule has 2 fully saturated rings. The molecule has 0 aromatic carbocycles. The third-order valence-electron chi connectivity index (χ3n) is 5.39. The van der Waals surface area contributed by atoms with Crippen LogP contribution in [-0.4, -0.2) is 71.9 Å². The molecule has 124 valence electrons. The molecule has 3 heterocycles. The number of rotatable bonds is 6. The molecule has 0 bridgehead atoms. The summed E-state index contributed by atoms with van der Waals surface area (Å²) in [5.74, 6) is 0.907. The van der Waals surface area contributed by atoms with E-state index in [4.69, 9.17) is 0 Å². The van der Waals surface area contributed by atoms with Gasteiger partial charge in [0.05, 0.1) is 6.54 Å². The summed E-state index contributed by atoms with van der Waals surface area (Å²) in [6.07, 6.45) is 9.27. The number of hydrogen-bond acceptors (Lipinski definition) is 4. The molecule has 1 aromatic rings. The second kappa shape index (κ2) is 8.09. The van der Waals surface area contributed by atoms with Crippen LogP contribution in [0.4, 0.5) is 0 Å². The lowest BCUT2D eigenvalue weighted by atomic mass is 9.95. The minimum Gasteiger partial charge on any atom is -0.317 e. The number of aromatic nitrogens is 2. The van der Waals surface area contributed by atoms with Crippen molar-refractivity contribution >= 4 is 0 Å². The molecule has 2 aliphatic rings. The first-order valence-electron chi connectivity index (χ1n) is 8.92. The second-order valence-electron chi connectivity index (χ2n) is 6.97. The van der Waals surface area contributed by atoms with Gasteiger partial charge in [-0.1, -0.05) is 0 Å². The van der Waals surface area contributed by atoms with E-state index in [1.54, 1.807) is 0 Å². The van der Waals surface area contributed by atoms with Crippen molar-refractivity contribution in [1.82, 2.24) is 24.9 Å². The minimum atomic E-state index is 0.788. The minimum absolute atomic E-state index is 0.788. The summed E-state index contributed by atoms with van der Waals surface area (Å²) in [7, 11) is 2.34. The van der Waals surface area contributed by atoms with Crippen LogP contribution in [-0.2, 0) is 6.54 Å². The summed E-state index contributed by atoms with van der Waals surface area (Å²) in [5, 5.41) is 7.75. The zero-order chi connectivity index (χ0) is 15.2. The number of piperidine rings is 2. The summed E-state index contributed by atoms with van der Waals surface area (Å²) in [5.41, 5.74) is 0. The van der Waals surface area contributed by atoms with Gasteiger partial charge in [-0.2, -0.15) is 5.10 Å². The van der Waals surface area contributed by atoms with Crippen LogP contribution in [0.3, 0.4) is 0 Å². The fraction of sp³-hybridized carbons (Fsp3) is 0.824. The van der Waals surface area contributed by atoms with Crippen LogP contribution < -0.4 is 5.32 Å². The molecule has 5 heteroatoms. The molecule has 0 spiro atoms. The maximum atomic E-state index is 4.29. The highest BCUT2D eigenvalue weighted by Gasteiger charge is 2.24. The van der Waals surface area contributed by atoms with E-state index >= 15 is 0 Å². The van der Waals surface area contributed by atoms with Gasteiger partial charge in [-0.25, -0.2) is 0 Å². The highest BCUT2D eigenvalue weighted by Crippen LogP contribution is 2.19. The van der Waals surface area contributed by atoms with E-state index in [1.807, 2.05) is 16.9 Å². The van der Waals surface area contributed by atoms with Crippen molar-refractivity contribution < 1.29 is 0 Å². The Morgan fingerprint density at radius 2 is 1.91 bits per heavy atom. The average Bonchev–Trinajstić information content (AvgIpc) is 3.08. The first kappa shape index (κ1) is 16.0. The molecule has 0 amide bonds. The number of nitrogens with one attached hydrogen (secondary N) is 1. The Hall–Kier alpha value is -0.910. The molecule has 22 heavy (non-hydrogen) atoms. The van der Waals surface area contributed by atoms with Crippen LogP contribution in [0.1, 0.15) is 25.7 Å². The van der Waals surface area contributed by atoms with Gasteiger partial charge in [-0.15, -0.1) is 0 Å². The van der Waals surface area contributed by atoms with Gasteiger partial charge in [-0.05, 0) is 70.9 Å². The molecule has 1 N–H and O–H groups in total. The zero-order valence-electron chi connectivity index (χ0n) is 14.0. The van der Waals surface area contributed by atoms with E-state index in [2.05, 4.69) is 33.5 Å². The highest BCUT2D eigenvalue weighted by molar-refractivity contribution is 4.82. The van der Waals surface area contributed by atoms with Gasteiger partial charge in [0.1, 0.15) is 0 Å². The smallest absolute Gasteiger partial charge is 0.0536 e. The quantitative estimate of drug-likeness (QED) is 0.859. The van der Waals surface area contributed by atoms with E-state index < -0.39 is 0 Å². The molecule has 2 aliphatic heterocycles. The van der Waals surface area contributed by atoms with Crippen molar-refractivity contribution in [3.8, 4) is 0 Å². The third kappa shape index (κ3) is 4.54. The maximum Gasteiger partial charge on any atom is 0.0536 e. The average molecular weight is 305 g/mol. The largest absolute Gasteiger partial charge is 0.317 e. The number of nitrogens with zero attached hydrogens (tertiary/aromatic N) is 4. The Kier molecular flexibility index (Phi) is 5.87. The Labute approximate surface area is 134 Å². The van der Waals surface area contributed by atoms with Crippen LogP contribution in [0.2, 0.25) is 0 Å². The van der Waals surface area contributed by atoms with Crippen LogP contribution >= 0.6 is 0 Å². The lowest BCUT2D eigenvalue weighted by molar-refractivity contribution is 0.107. The van der Waals surface area contributed by atoms with E-state index in [-0.39, 0.29) is 0 Å². The lowest BCUT2D eigenvalue weighted by Gasteiger charge is -2.38. The summed E-state index contributed by atoms with van der Waals surface area (Å²) in [6.45, 7) is 8.34. The molecule has 1 aromatic heterocycles. The van der Waals surface area contributed by atoms with E-state index in [0.717, 1.165) is 25.0 Å². The van der Waals surface area contributed by atoms with Crippen molar-refractivity contribution in [2.24, 2.45) is 5.92 Å². The fourth-order valence-corrected chi connectivity index (χ4v) is 3.88. The Balaban J connectivity index is 1.35. The molecule has 0 unspecified atom stereocenters. The summed E-state index contributed by atoms with van der Waals surface area (Å²) in [4.78, 5) is 5.23. The maximum absolute atomic E-state index is 4.29. The molecule has 0 aliphatic carbocycles. The van der Waals surface area contributed by atoms with Gasteiger partial charge in [-0.3, -0.25) is 4.68 Å². The number of hydrogen-bond donors (Lipinski definition) is 1. The molecule has 0 atom stereocenters. The van der Waals surface area contributed by atoms with Crippen LogP contribution in [0.5, 0.6) is 0 Å². The van der Waals surface area contributed by atoms with Gasteiger partial charge >= 0.3 is 0 Å². The summed E-state index contributed by atoms with van der Waals surface area (Å²) in [6, 6.07) is 2.79. The third-order valence-corrected chi connectivity index (χ3v) is 5.39. The van der Waals surface area contributed by atoms with Gasteiger partial charge in [0, 0.05) is 31.5 Å². The van der Waals surface area contributed by atoms with Crippen molar-refractivity contribution in [1.29, 1.82) is 0 Å². The lowest BCUT2D eigenvalue weighted by Crippen LogP contribution is -2.46. The Morgan fingerprint density at radius 1 is 1.14 bits per heavy atom. The topological polar surface area (TPSA) is 36.3 Å². The Bertz CT molecular complexity index is 405. The van der Waals surface area contributed by atoms with Crippen molar-refractivity contribution in [3.05, 3.63) is 18.5 Å². The molecular weight excluding hydrogens is 274 g/mol. The molecule has 0 saturated carbocycles. The first-order chi connectivity index (χ1) is 10.8. The molecule has 2 saturated heterocycles. The van der Waals surface area contributed by atoms with E-state index in [1.165, 1.54) is 58.4 Å².